The molecule has 0 aliphatic rings. The predicted molar refractivity (Wildman–Crippen MR) is 90.9 cm³/mol. The molecule has 1 N–H and O–H groups in total. The fourth-order valence-corrected chi connectivity index (χ4v) is 3.92. The third-order valence-corrected chi connectivity index (χ3v) is 4.94. The highest BCUT2D eigenvalue weighted by atomic mass is 32.1. The van der Waals surface area contributed by atoms with E-state index >= 15 is 0 Å². The van der Waals surface area contributed by atoms with E-state index in [2.05, 4.69) is 4.98 Å². The summed E-state index contributed by atoms with van der Waals surface area (Å²) in [7, 11) is 0. The lowest BCUT2D eigenvalue weighted by molar-refractivity contribution is -0.385. The molecule has 4 rings (SSSR count). The van der Waals surface area contributed by atoms with Crippen LogP contribution in [0.3, 0.4) is 0 Å². The molecule has 0 radical (unpaired) electrons. The molecule has 0 bridgehead atoms. The van der Waals surface area contributed by atoms with Gasteiger partial charge in [-0.05, 0) is 24.3 Å². The van der Waals surface area contributed by atoms with Crippen molar-refractivity contribution in [1.29, 1.82) is 0 Å². The highest BCUT2D eigenvalue weighted by Gasteiger charge is 2.16. The second kappa shape index (κ2) is 5.03. The second-order valence-electron chi connectivity index (χ2n) is 5.09. The summed E-state index contributed by atoms with van der Waals surface area (Å²) in [6.45, 7) is 0. The molecule has 112 valence electrons. The van der Waals surface area contributed by atoms with Gasteiger partial charge in [0, 0.05) is 26.2 Å². The summed E-state index contributed by atoms with van der Waals surface area (Å²) in [5.41, 5.74) is 1.06. The number of benzene rings is 2. The molecule has 0 atom stereocenters. The number of nitrogens with zero attached hydrogens (tertiary/aromatic N) is 2. The first-order valence-electron chi connectivity index (χ1n) is 6.89. The maximum Gasteiger partial charge on any atom is 0.287 e. The highest BCUT2D eigenvalue weighted by molar-refractivity contribution is 7.26. The van der Waals surface area contributed by atoms with Crippen LogP contribution in [0.25, 0.3) is 31.4 Å². The number of phenolic OH excluding ortho intramolecular Hbond substituents is 1. The lowest BCUT2D eigenvalue weighted by Crippen LogP contribution is -1.90. The highest BCUT2D eigenvalue weighted by Crippen LogP contribution is 2.43. The summed E-state index contributed by atoms with van der Waals surface area (Å²) in [4.78, 5) is 14.4. The monoisotopic (exact) mass is 322 g/mol. The number of phenols is 1. The summed E-state index contributed by atoms with van der Waals surface area (Å²) in [6, 6.07) is 14.5. The molecule has 0 spiro atoms. The molecule has 5 nitrogen and oxygen atoms in total. The Morgan fingerprint density at radius 1 is 1.04 bits per heavy atom. The van der Waals surface area contributed by atoms with E-state index in [-0.39, 0.29) is 11.4 Å². The second-order valence-corrected chi connectivity index (χ2v) is 6.15. The quantitative estimate of drug-likeness (QED) is 0.427. The number of fused-ring (bicyclic) bond motifs is 3. The molecule has 0 saturated heterocycles. The van der Waals surface area contributed by atoms with E-state index in [1.165, 1.54) is 12.3 Å². The minimum atomic E-state index is -0.489. The van der Waals surface area contributed by atoms with Gasteiger partial charge in [0.05, 0.1) is 16.2 Å². The number of aromatic hydroxyl groups is 1. The van der Waals surface area contributed by atoms with Crippen molar-refractivity contribution in [3.8, 4) is 17.0 Å². The largest absolute Gasteiger partial charge is 0.507 e. The Balaban J connectivity index is 2.01. The van der Waals surface area contributed by atoms with Crippen molar-refractivity contribution < 1.29 is 10.0 Å². The van der Waals surface area contributed by atoms with Crippen molar-refractivity contribution in [1.82, 2.24) is 4.98 Å². The standard InChI is InChI=1S/C17H10N2O3S/c20-14-8-6-12-11-3-1-2-4-15(11)23-17(12)16(14)13-7-5-10(9-18-13)19(21)22/h1-9,20H. The molecule has 2 aromatic carbocycles. The predicted octanol–water partition coefficient (Wildman–Crippen LogP) is 4.73. The van der Waals surface area contributed by atoms with Crippen LogP contribution in [0.1, 0.15) is 0 Å². The van der Waals surface area contributed by atoms with Crippen molar-refractivity contribution in [3.05, 3.63) is 64.8 Å². The number of rotatable bonds is 2. The van der Waals surface area contributed by atoms with Crippen LogP contribution in [0.15, 0.2) is 54.7 Å². The van der Waals surface area contributed by atoms with Crippen molar-refractivity contribution in [2.75, 3.05) is 0 Å². The zero-order chi connectivity index (χ0) is 16.0. The number of hydrogen-bond donors (Lipinski definition) is 1. The lowest BCUT2D eigenvalue weighted by atomic mass is 10.1. The number of pyridine rings is 1. The fourth-order valence-electron chi connectivity index (χ4n) is 2.67. The molecule has 0 aliphatic heterocycles. The number of nitro groups is 1. The van der Waals surface area contributed by atoms with Crippen LogP contribution in [0.2, 0.25) is 0 Å². The van der Waals surface area contributed by atoms with Gasteiger partial charge in [-0.25, -0.2) is 4.98 Å². The lowest BCUT2D eigenvalue weighted by Gasteiger charge is -2.05. The Hall–Kier alpha value is -2.99. The fraction of sp³-hybridized carbons (Fsp3) is 0. The van der Waals surface area contributed by atoms with Gasteiger partial charge in [0.25, 0.3) is 5.69 Å². The van der Waals surface area contributed by atoms with Crippen molar-refractivity contribution in [2.45, 2.75) is 0 Å². The Morgan fingerprint density at radius 3 is 2.61 bits per heavy atom. The average molecular weight is 322 g/mol. The van der Waals surface area contributed by atoms with E-state index in [1.54, 1.807) is 23.5 Å². The van der Waals surface area contributed by atoms with Crippen LogP contribution in [-0.4, -0.2) is 15.0 Å². The molecule has 2 heterocycles. The Bertz CT molecular complexity index is 1050. The van der Waals surface area contributed by atoms with Gasteiger partial charge in [0.1, 0.15) is 11.9 Å². The van der Waals surface area contributed by atoms with Crippen LogP contribution in [0.4, 0.5) is 5.69 Å². The van der Waals surface area contributed by atoms with Gasteiger partial charge in [-0.1, -0.05) is 18.2 Å². The Labute approximate surface area is 134 Å². The Kier molecular flexibility index (Phi) is 2.99. The maximum atomic E-state index is 10.8. The zero-order valence-electron chi connectivity index (χ0n) is 11.8. The average Bonchev–Trinajstić information content (AvgIpc) is 2.93. The smallest absolute Gasteiger partial charge is 0.287 e. The van der Waals surface area contributed by atoms with E-state index < -0.39 is 4.92 Å². The van der Waals surface area contributed by atoms with E-state index in [9.17, 15) is 15.2 Å². The molecular weight excluding hydrogens is 312 g/mol. The molecule has 6 heteroatoms. The number of aromatic nitrogens is 1. The third-order valence-electron chi connectivity index (χ3n) is 3.74. The van der Waals surface area contributed by atoms with Gasteiger partial charge in [-0.2, -0.15) is 0 Å². The summed E-state index contributed by atoms with van der Waals surface area (Å²) >= 11 is 1.57. The summed E-state index contributed by atoms with van der Waals surface area (Å²) in [5, 5.41) is 23.2. The van der Waals surface area contributed by atoms with Crippen LogP contribution in [0.5, 0.6) is 5.75 Å². The molecule has 0 unspecified atom stereocenters. The normalized spacial score (nSPS) is 11.1. The van der Waals surface area contributed by atoms with Gasteiger partial charge >= 0.3 is 0 Å². The topological polar surface area (TPSA) is 76.3 Å². The molecular formula is C17H10N2O3S. The summed E-state index contributed by atoms with van der Waals surface area (Å²) in [5.74, 6) is 0.116. The maximum absolute atomic E-state index is 10.8. The van der Waals surface area contributed by atoms with Gasteiger partial charge in [0.2, 0.25) is 0 Å². The molecule has 0 saturated carbocycles. The number of hydrogen-bond acceptors (Lipinski definition) is 5. The zero-order valence-corrected chi connectivity index (χ0v) is 12.6. The molecule has 23 heavy (non-hydrogen) atoms. The van der Waals surface area contributed by atoms with Crippen LogP contribution < -0.4 is 0 Å². The van der Waals surface area contributed by atoms with Crippen molar-refractivity contribution >= 4 is 37.2 Å². The molecule has 0 fully saturated rings. The molecule has 4 aromatic rings. The summed E-state index contributed by atoms with van der Waals surface area (Å²) in [6.07, 6.45) is 1.21. The molecule has 0 aliphatic carbocycles. The molecule has 0 amide bonds. The van der Waals surface area contributed by atoms with Crippen molar-refractivity contribution in [3.63, 3.8) is 0 Å². The van der Waals surface area contributed by atoms with Crippen molar-refractivity contribution in [2.24, 2.45) is 0 Å². The van der Waals surface area contributed by atoms with Gasteiger partial charge < -0.3 is 5.11 Å². The van der Waals surface area contributed by atoms with Gasteiger partial charge in [0.15, 0.2) is 0 Å². The SMILES string of the molecule is O=[N+]([O-])c1ccc(-c2c(O)ccc3c2sc2ccccc23)nc1. The first-order valence-corrected chi connectivity index (χ1v) is 7.71. The van der Waals surface area contributed by atoms with Gasteiger partial charge in [-0.15, -0.1) is 11.3 Å². The van der Waals surface area contributed by atoms with E-state index in [0.29, 0.717) is 11.3 Å². The number of thiophene rings is 1. The minimum absolute atomic E-state index is 0.0724. The minimum Gasteiger partial charge on any atom is -0.507 e. The Morgan fingerprint density at radius 2 is 1.87 bits per heavy atom. The molecule has 2 aromatic heterocycles. The van der Waals surface area contributed by atoms with Crippen LogP contribution in [0, 0.1) is 10.1 Å². The van der Waals surface area contributed by atoms with Gasteiger partial charge in [-0.3, -0.25) is 10.1 Å². The third kappa shape index (κ3) is 2.11. The first kappa shape index (κ1) is 13.7. The summed E-state index contributed by atoms with van der Waals surface area (Å²) < 4.78 is 2.05. The van der Waals surface area contributed by atoms with E-state index in [1.807, 2.05) is 30.3 Å². The van der Waals surface area contributed by atoms with Crippen LogP contribution in [-0.2, 0) is 0 Å². The first-order chi connectivity index (χ1) is 11.1. The van der Waals surface area contributed by atoms with E-state index in [4.69, 9.17) is 0 Å². The van der Waals surface area contributed by atoms with Crippen LogP contribution >= 0.6 is 11.3 Å². The van der Waals surface area contributed by atoms with E-state index in [0.717, 1.165) is 20.2 Å².